The van der Waals surface area contributed by atoms with Gasteiger partial charge in [-0.3, -0.25) is 5.32 Å². The largest absolute Gasteiger partial charge is 0.478 e. The Labute approximate surface area is 160 Å². The minimum absolute atomic E-state index is 0.0125. The van der Waals surface area contributed by atoms with E-state index in [0.29, 0.717) is 5.56 Å². The Balaban J connectivity index is 2.12. The van der Waals surface area contributed by atoms with Crippen LogP contribution in [0, 0.1) is 0 Å². The van der Waals surface area contributed by atoms with Crippen LogP contribution in [-0.4, -0.2) is 44.6 Å². The summed E-state index contributed by atoms with van der Waals surface area (Å²) in [5, 5.41) is 15.4. The molecule has 2 rings (SSSR count). The summed E-state index contributed by atoms with van der Waals surface area (Å²) in [7, 11) is 0. The highest BCUT2D eigenvalue weighted by Gasteiger charge is 2.19. The monoisotopic (exact) mass is 388 g/mol. The zero-order chi connectivity index (χ0) is 20.7. The molecule has 2 aromatic rings. The zero-order valence-electron chi connectivity index (χ0n) is 15.6. The number of carboxylic acids is 1. The number of carbonyl (C=O) groups is 3. The van der Waals surface area contributed by atoms with Crippen LogP contribution in [-0.2, 0) is 16.1 Å². The number of hydrogen-bond acceptors (Lipinski definition) is 6. The number of benzene rings is 1. The minimum atomic E-state index is -1.14. The second-order valence-corrected chi connectivity index (χ2v) is 6.53. The summed E-state index contributed by atoms with van der Waals surface area (Å²) in [6.45, 7) is 4.76. The summed E-state index contributed by atoms with van der Waals surface area (Å²) in [4.78, 5) is 38.9. The van der Waals surface area contributed by atoms with E-state index >= 15 is 0 Å². The lowest BCUT2D eigenvalue weighted by Crippen LogP contribution is -2.40. The van der Waals surface area contributed by atoms with Gasteiger partial charge < -0.3 is 14.6 Å². The first-order valence-corrected chi connectivity index (χ1v) is 8.22. The molecule has 0 saturated carbocycles. The molecule has 0 fully saturated rings. The Hall–Kier alpha value is -3.69. The molecule has 0 aliphatic rings. The third-order valence-electron chi connectivity index (χ3n) is 3.13. The van der Waals surface area contributed by atoms with Crippen LogP contribution < -0.4 is 5.32 Å². The fourth-order valence-corrected chi connectivity index (χ4v) is 2.04. The first kappa shape index (κ1) is 20.6. The highest BCUT2D eigenvalue weighted by atomic mass is 16.6. The molecule has 1 aromatic heterocycles. The summed E-state index contributed by atoms with van der Waals surface area (Å²) in [5.74, 6) is -1.37. The quantitative estimate of drug-likeness (QED) is 0.610. The van der Waals surface area contributed by atoms with E-state index in [2.05, 4.69) is 15.4 Å². The van der Waals surface area contributed by atoms with Gasteiger partial charge in [-0.2, -0.15) is 5.10 Å². The Morgan fingerprint density at radius 2 is 1.93 bits per heavy atom. The summed E-state index contributed by atoms with van der Waals surface area (Å²) in [6, 6.07) is 7.67. The molecule has 28 heavy (non-hydrogen) atoms. The molecule has 2 N–H and O–H groups in total. The number of hydrogen-bond donors (Lipinski definition) is 2. The van der Waals surface area contributed by atoms with Gasteiger partial charge in [-0.1, -0.05) is 18.2 Å². The maximum atomic E-state index is 12.1. The average molecular weight is 388 g/mol. The number of aromatic nitrogens is 2. The van der Waals surface area contributed by atoms with Crippen LogP contribution in [0.4, 0.5) is 9.59 Å². The summed E-state index contributed by atoms with van der Waals surface area (Å²) >= 11 is 0. The third kappa shape index (κ3) is 6.24. The van der Waals surface area contributed by atoms with Gasteiger partial charge in [0.05, 0.1) is 5.56 Å². The van der Waals surface area contributed by atoms with Gasteiger partial charge in [-0.05, 0) is 32.9 Å². The topological polar surface area (TPSA) is 132 Å². The molecule has 10 nitrogen and oxygen atoms in total. The van der Waals surface area contributed by atoms with E-state index in [4.69, 9.17) is 14.6 Å². The van der Waals surface area contributed by atoms with Crippen molar-refractivity contribution >= 4 is 24.1 Å². The van der Waals surface area contributed by atoms with E-state index in [1.807, 2.05) is 0 Å². The number of aliphatic imine (C=N–C) groups is 1. The number of carboxylic acid groups (broad SMARTS) is 1. The minimum Gasteiger partial charge on any atom is -0.478 e. The van der Waals surface area contributed by atoms with Crippen molar-refractivity contribution < 1.29 is 29.0 Å². The summed E-state index contributed by atoms with van der Waals surface area (Å²) in [6.07, 6.45) is 1.02. The molecule has 0 saturated heterocycles. The molecule has 0 atom stereocenters. The smallest absolute Gasteiger partial charge is 0.437 e. The molecule has 0 bridgehead atoms. The van der Waals surface area contributed by atoms with Crippen molar-refractivity contribution in [1.29, 1.82) is 0 Å². The molecule has 0 aliphatic carbocycles. The zero-order valence-corrected chi connectivity index (χ0v) is 15.6. The highest BCUT2D eigenvalue weighted by Crippen LogP contribution is 2.11. The molecule has 148 valence electrons. The van der Waals surface area contributed by atoms with Crippen molar-refractivity contribution in [2.75, 3.05) is 0 Å². The predicted octanol–water partition coefficient (Wildman–Crippen LogP) is 2.65. The van der Waals surface area contributed by atoms with Gasteiger partial charge in [-0.15, -0.1) is 4.99 Å². The van der Waals surface area contributed by atoms with E-state index in [1.54, 1.807) is 39.0 Å². The van der Waals surface area contributed by atoms with Gasteiger partial charge in [0.25, 0.3) is 0 Å². The van der Waals surface area contributed by atoms with Crippen LogP contribution in [0.1, 0.15) is 36.7 Å². The third-order valence-corrected chi connectivity index (χ3v) is 3.13. The number of aromatic carboxylic acids is 1. The van der Waals surface area contributed by atoms with E-state index in [0.717, 1.165) is 4.68 Å². The van der Waals surface area contributed by atoms with Crippen molar-refractivity contribution in [3.63, 3.8) is 0 Å². The molecule has 0 spiro atoms. The van der Waals surface area contributed by atoms with Gasteiger partial charge in [0, 0.05) is 18.0 Å². The van der Waals surface area contributed by atoms with Gasteiger partial charge in [0.15, 0.2) is 0 Å². The molecule has 0 unspecified atom stereocenters. The van der Waals surface area contributed by atoms with E-state index in [9.17, 15) is 14.4 Å². The number of alkyl carbamates (subject to hydrolysis) is 1. The lowest BCUT2D eigenvalue weighted by molar-refractivity contribution is 0.0560. The molecular weight excluding hydrogens is 368 g/mol. The van der Waals surface area contributed by atoms with E-state index in [-0.39, 0.29) is 18.1 Å². The maximum absolute atomic E-state index is 12.1. The normalized spacial score (nSPS) is 11.6. The fraction of sp³-hybridized carbons (Fsp3) is 0.278. The SMILES string of the molecule is CC(C)(C)OC(=O)NC(=NC(=O)OCc1ccccc1C(=O)O)n1cccn1. The number of rotatable bonds is 3. The van der Waals surface area contributed by atoms with Gasteiger partial charge >= 0.3 is 18.2 Å². The second-order valence-electron chi connectivity index (χ2n) is 6.53. The van der Waals surface area contributed by atoms with E-state index in [1.165, 1.54) is 24.5 Å². The number of amides is 2. The Bertz CT molecular complexity index is 884. The molecule has 1 heterocycles. The molecule has 0 radical (unpaired) electrons. The highest BCUT2D eigenvalue weighted by molar-refractivity contribution is 5.99. The van der Waals surface area contributed by atoms with Crippen molar-refractivity contribution in [2.24, 2.45) is 4.99 Å². The van der Waals surface area contributed by atoms with Crippen molar-refractivity contribution in [3.05, 3.63) is 53.9 Å². The van der Waals surface area contributed by atoms with Gasteiger partial charge in [-0.25, -0.2) is 19.1 Å². The van der Waals surface area contributed by atoms with Gasteiger partial charge in [0.2, 0.25) is 5.96 Å². The number of nitrogens with zero attached hydrogens (tertiary/aromatic N) is 3. The molecule has 0 aliphatic heterocycles. The van der Waals surface area contributed by atoms with Crippen LogP contribution in [0.25, 0.3) is 0 Å². The lowest BCUT2D eigenvalue weighted by atomic mass is 10.1. The maximum Gasteiger partial charge on any atom is 0.437 e. The van der Waals surface area contributed by atoms with Crippen LogP contribution in [0.2, 0.25) is 0 Å². The number of nitrogens with one attached hydrogen (secondary N) is 1. The average Bonchev–Trinajstić information content (AvgIpc) is 3.12. The van der Waals surface area contributed by atoms with Crippen LogP contribution >= 0.6 is 0 Å². The Kier molecular flexibility index (Phi) is 6.48. The Morgan fingerprint density at radius 1 is 1.21 bits per heavy atom. The van der Waals surface area contributed by atoms with Crippen LogP contribution in [0.3, 0.4) is 0 Å². The van der Waals surface area contributed by atoms with Crippen molar-refractivity contribution in [1.82, 2.24) is 15.1 Å². The standard InChI is InChI=1S/C18H20N4O6/c1-18(2,3)28-17(26)21-15(22-10-6-9-19-22)20-16(25)27-11-12-7-4-5-8-13(12)14(23)24/h4-10H,11H2,1-3H3,(H,23,24)(H,20,21,25,26). The first-order valence-electron chi connectivity index (χ1n) is 8.22. The van der Waals surface area contributed by atoms with Gasteiger partial charge in [0.1, 0.15) is 12.2 Å². The molecule has 1 aromatic carbocycles. The lowest BCUT2D eigenvalue weighted by Gasteiger charge is -2.19. The number of carbonyl (C=O) groups excluding carboxylic acids is 2. The summed E-state index contributed by atoms with van der Waals surface area (Å²) < 4.78 is 11.3. The predicted molar refractivity (Wildman–Crippen MR) is 98.0 cm³/mol. The van der Waals surface area contributed by atoms with Crippen molar-refractivity contribution in [2.45, 2.75) is 33.0 Å². The molecule has 10 heteroatoms. The fourth-order valence-electron chi connectivity index (χ4n) is 2.04. The van der Waals surface area contributed by atoms with E-state index < -0.39 is 23.8 Å². The molecule has 2 amide bonds. The van der Waals surface area contributed by atoms with Crippen LogP contribution in [0.5, 0.6) is 0 Å². The van der Waals surface area contributed by atoms with Crippen LogP contribution in [0.15, 0.2) is 47.7 Å². The summed E-state index contributed by atoms with van der Waals surface area (Å²) in [5.41, 5.74) is -0.432. The second kappa shape index (κ2) is 8.80. The number of ether oxygens (including phenoxy) is 2. The first-order chi connectivity index (χ1) is 13.2. The Morgan fingerprint density at radius 3 is 2.54 bits per heavy atom. The molecular formula is C18H20N4O6. The van der Waals surface area contributed by atoms with Crippen molar-refractivity contribution in [3.8, 4) is 0 Å².